The van der Waals surface area contributed by atoms with Crippen molar-refractivity contribution in [1.82, 2.24) is 4.90 Å². The van der Waals surface area contributed by atoms with Crippen molar-refractivity contribution < 1.29 is 19.4 Å². The van der Waals surface area contributed by atoms with Gasteiger partial charge in [-0.25, -0.2) is 4.79 Å². The van der Waals surface area contributed by atoms with Gasteiger partial charge >= 0.3 is 6.09 Å². The summed E-state index contributed by atoms with van der Waals surface area (Å²) >= 11 is 0. The number of benzene rings is 1. The molecule has 142 valence electrons. The number of rotatable bonds is 2. The molecule has 1 aromatic carbocycles. The number of nitrogens with zero attached hydrogens (tertiary/aromatic N) is 1. The summed E-state index contributed by atoms with van der Waals surface area (Å²) in [6.45, 7) is 5.49. The summed E-state index contributed by atoms with van der Waals surface area (Å²) in [6.07, 6.45) is 4.35. The number of phenols is 1. The molecule has 0 aromatic heterocycles. The third kappa shape index (κ3) is 3.94. The maximum Gasteiger partial charge on any atom is 0.411 e. The fourth-order valence-corrected chi connectivity index (χ4v) is 4.07. The van der Waals surface area contributed by atoms with E-state index in [9.17, 15) is 14.7 Å². The molecule has 2 aliphatic rings. The molecule has 0 bridgehead atoms. The summed E-state index contributed by atoms with van der Waals surface area (Å²) in [7, 11) is 0. The van der Waals surface area contributed by atoms with Gasteiger partial charge in [-0.2, -0.15) is 0 Å². The lowest BCUT2D eigenvalue weighted by Gasteiger charge is -2.34. The van der Waals surface area contributed by atoms with Crippen molar-refractivity contribution >= 4 is 17.7 Å². The van der Waals surface area contributed by atoms with Crippen molar-refractivity contribution in [2.45, 2.75) is 70.6 Å². The average Bonchev–Trinajstić information content (AvgIpc) is 2.95. The number of nitrogens with one attached hydrogen (secondary N) is 1. The second kappa shape index (κ2) is 7.17. The Morgan fingerprint density at radius 3 is 2.58 bits per heavy atom. The number of likely N-dealkylation sites (tertiary alicyclic amines) is 1. The molecule has 3 rings (SSSR count). The Labute approximate surface area is 154 Å². The maximum atomic E-state index is 12.9. The van der Waals surface area contributed by atoms with Gasteiger partial charge in [0, 0.05) is 6.04 Å². The van der Waals surface area contributed by atoms with Crippen LogP contribution in [0.2, 0.25) is 0 Å². The molecular formula is C20H28N2O4. The highest BCUT2D eigenvalue weighted by atomic mass is 16.6. The van der Waals surface area contributed by atoms with Crippen molar-refractivity contribution in [2.24, 2.45) is 5.92 Å². The number of para-hydroxylation sites is 2. The van der Waals surface area contributed by atoms with Crippen LogP contribution in [-0.4, -0.2) is 39.7 Å². The number of phenolic OH excluding ortho intramolecular Hbond substituents is 1. The quantitative estimate of drug-likeness (QED) is 0.784. The van der Waals surface area contributed by atoms with E-state index in [1.54, 1.807) is 23.1 Å². The van der Waals surface area contributed by atoms with E-state index in [4.69, 9.17) is 4.74 Å². The van der Waals surface area contributed by atoms with Crippen LogP contribution in [0.25, 0.3) is 0 Å². The number of carbonyl (C=O) groups excluding carboxylic acids is 2. The van der Waals surface area contributed by atoms with E-state index >= 15 is 0 Å². The van der Waals surface area contributed by atoms with E-state index in [1.165, 1.54) is 6.07 Å². The van der Waals surface area contributed by atoms with Crippen LogP contribution in [-0.2, 0) is 9.53 Å². The molecule has 2 fully saturated rings. The van der Waals surface area contributed by atoms with Crippen molar-refractivity contribution in [3.05, 3.63) is 24.3 Å². The number of amides is 2. The minimum atomic E-state index is -0.609. The standard InChI is InChI=1S/C20H28N2O4/c1-20(2,3)26-19(25)22-15-10-6-4-8-13(15)12-16(22)18(24)21-14-9-5-7-11-17(14)23/h5,7,9,11,13,15-16,23H,4,6,8,10,12H2,1-3H3,(H,21,24). The number of carbonyl (C=O) groups is 2. The molecular weight excluding hydrogens is 332 g/mol. The molecule has 1 saturated heterocycles. The molecule has 3 atom stereocenters. The Morgan fingerprint density at radius 1 is 1.19 bits per heavy atom. The van der Waals surface area contributed by atoms with Crippen LogP contribution in [0, 0.1) is 5.92 Å². The minimum absolute atomic E-state index is 0.0140. The molecule has 1 aliphatic heterocycles. The van der Waals surface area contributed by atoms with Gasteiger partial charge in [0.1, 0.15) is 17.4 Å². The van der Waals surface area contributed by atoms with Gasteiger partial charge in [-0.15, -0.1) is 0 Å². The van der Waals surface area contributed by atoms with Crippen LogP contribution in [0.5, 0.6) is 5.75 Å². The molecule has 6 heteroatoms. The van der Waals surface area contributed by atoms with Gasteiger partial charge in [0.25, 0.3) is 0 Å². The average molecular weight is 360 g/mol. The highest BCUT2D eigenvalue weighted by Crippen LogP contribution is 2.41. The zero-order valence-electron chi connectivity index (χ0n) is 15.7. The van der Waals surface area contributed by atoms with Crippen LogP contribution < -0.4 is 5.32 Å². The summed E-state index contributed by atoms with van der Waals surface area (Å²) < 4.78 is 5.58. The summed E-state index contributed by atoms with van der Waals surface area (Å²) in [5.74, 6) is 0.0724. The summed E-state index contributed by atoms with van der Waals surface area (Å²) in [5, 5.41) is 12.7. The maximum absolute atomic E-state index is 12.9. The highest BCUT2D eigenvalue weighted by molar-refractivity contribution is 5.98. The number of hydrogen-bond donors (Lipinski definition) is 2. The molecule has 1 heterocycles. The smallest absolute Gasteiger partial charge is 0.411 e. The van der Waals surface area contributed by atoms with E-state index in [-0.39, 0.29) is 17.7 Å². The molecule has 1 saturated carbocycles. The first-order valence-corrected chi connectivity index (χ1v) is 9.36. The van der Waals surface area contributed by atoms with E-state index in [1.807, 2.05) is 20.8 Å². The number of hydrogen-bond acceptors (Lipinski definition) is 4. The van der Waals surface area contributed by atoms with E-state index in [2.05, 4.69) is 5.32 Å². The first-order chi connectivity index (χ1) is 12.3. The van der Waals surface area contributed by atoms with Crippen molar-refractivity contribution in [1.29, 1.82) is 0 Å². The summed E-state index contributed by atoms with van der Waals surface area (Å²) in [4.78, 5) is 27.4. The van der Waals surface area contributed by atoms with Gasteiger partial charge in [-0.3, -0.25) is 9.69 Å². The fourth-order valence-electron chi connectivity index (χ4n) is 4.07. The zero-order valence-corrected chi connectivity index (χ0v) is 15.7. The Kier molecular flexibility index (Phi) is 5.12. The zero-order chi connectivity index (χ0) is 18.9. The SMILES string of the molecule is CC(C)(C)OC(=O)N1C(C(=O)Nc2ccccc2O)CC2CCCCC21. The van der Waals surface area contributed by atoms with Crippen LogP contribution >= 0.6 is 0 Å². The van der Waals surface area contributed by atoms with E-state index in [0.29, 0.717) is 18.0 Å². The molecule has 0 radical (unpaired) electrons. The monoisotopic (exact) mass is 360 g/mol. The molecule has 6 nitrogen and oxygen atoms in total. The highest BCUT2D eigenvalue weighted by Gasteiger charge is 2.48. The lowest BCUT2D eigenvalue weighted by Crippen LogP contribution is -2.49. The topological polar surface area (TPSA) is 78.9 Å². The Morgan fingerprint density at radius 2 is 1.88 bits per heavy atom. The molecule has 26 heavy (non-hydrogen) atoms. The van der Waals surface area contributed by atoms with Crippen LogP contribution in [0.1, 0.15) is 52.9 Å². The molecule has 2 N–H and O–H groups in total. The van der Waals surface area contributed by atoms with Gasteiger partial charge in [-0.05, 0) is 58.1 Å². The Hall–Kier alpha value is -2.24. The van der Waals surface area contributed by atoms with Crippen LogP contribution in [0.3, 0.4) is 0 Å². The van der Waals surface area contributed by atoms with Gasteiger partial charge < -0.3 is 15.2 Å². The number of fused-ring (bicyclic) bond motifs is 1. The molecule has 0 spiro atoms. The second-order valence-electron chi connectivity index (χ2n) is 8.26. The van der Waals surface area contributed by atoms with Crippen LogP contribution in [0.15, 0.2) is 24.3 Å². The minimum Gasteiger partial charge on any atom is -0.506 e. The Balaban J connectivity index is 1.81. The largest absolute Gasteiger partial charge is 0.506 e. The van der Waals surface area contributed by atoms with Gasteiger partial charge in [0.15, 0.2) is 0 Å². The normalized spacial score (nSPS) is 25.5. The molecule has 2 amide bonds. The third-order valence-electron chi connectivity index (χ3n) is 5.16. The first kappa shape index (κ1) is 18.5. The number of aromatic hydroxyl groups is 1. The molecule has 1 aromatic rings. The lowest BCUT2D eigenvalue weighted by atomic mass is 9.85. The fraction of sp³-hybridized carbons (Fsp3) is 0.600. The summed E-state index contributed by atoms with van der Waals surface area (Å²) in [6, 6.07) is 6.09. The number of ether oxygens (including phenoxy) is 1. The van der Waals surface area contributed by atoms with Gasteiger partial charge in [-0.1, -0.05) is 25.0 Å². The first-order valence-electron chi connectivity index (χ1n) is 9.36. The van der Waals surface area contributed by atoms with Gasteiger partial charge in [0.05, 0.1) is 5.69 Å². The van der Waals surface area contributed by atoms with Crippen molar-refractivity contribution in [2.75, 3.05) is 5.32 Å². The third-order valence-corrected chi connectivity index (χ3v) is 5.16. The van der Waals surface area contributed by atoms with Crippen LogP contribution in [0.4, 0.5) is 10.5 Å². The Bertz CT molecular complexity index is 683. The lowest BCUT2D eigenvalue weighted by molar-refractivity contribution is -0.120. The van der Waals surface area contributed by atoms with Gasteiger partial charge in [0.2, 0.25) is 5.91 Å². The predicted molar refractivity (Wildman–Crippen MR) is 99.0 cm³/mol. The molecule has 3 unspecified atom stereocenters. The summed E-state index contributed by atoms with van der Waals surface area (Å²) in [5.41, 5.74) is -0.251. The second-order valence-corrected chi connectivity index (χ2v) is 8.26. The molecule has 1 aliphatic carbocycles. The van der Waals surface area contributed by atoms with Crippen molar-refractivity contribution in [3.63, 3.8) is 0 Å². The van der Waals surface area contributed by atoms with Crippen molar-refractivity contribution in [3.8, 4) is 5.75 Å². The number of anilines is 1. The van der Waals surface area contributed by atoms with E-state index < -0.39 is 17.7 Å². The predicted octanol–water partition coefficient (Wildman–Crippen LogP) is 3.90. The van der Waals surface area contributed by atoms with E-state index in [0.717, 1.165) is 25.7 Å².